The molecule has 2 aromatic rings. The molecule has 0 radical (unpaired) electrons. The van der Waals surface area contributed by atoms with E-state index in [1.165, 1.54) is 0 Å². The van der Waals surface area contributed by atoms with Crippen LogP contribution in [0.25, 0.3) is 0 Å². The molecule has 0 aliphatic heterocycles. The molecule has 20 heavy (non-hydrogen) atoms. The SMILES string of the molecule is CCc1nc(C)ccc1Oc1c(F)cc(C=O)cc1F. The second-order valence-corrected chi connectivity index (χ2v) is 4.28. The van der Waals surface area contributed by atoms with Crippen LogP contribution >= 0.6 is 0 Å². The summed E-state index contributed by atoms with van der Waals surface area (Å²) in [4.78, 5) is 14.8. The van der Waals surface area contributed by atoms with E-state index in [0.29, 0.717) is 24.2 Å². The fourth-order valence-electron chi connectivity index (χ4n) is 1.80. The predicted molar refractivity (Wildman–Crippen MR) is 70.2 cm³/mol. The number of carbonyl (C=O) groups is 1. The summed E-state index contributed by atoms with van der Waals surface area (Å²) in [6.07, 6.45) is 0.952. The molecule has 0 bridgehead atoms. The van der Waals surface area contributed by atoms with Gasteiger partial charge in [0.1, 0.15) is 12.0 Å². The third kappa shape index (κ3) is 2.82. The Kier molecular flexibility index (Phi) is 4.08. The third-order valence-electron chi connectivity index (χ3n) is 2.78. The number of nitrogens with zero attached hydrogens (tertiary/aromatic N) is 1. The van der Waals surface area contributed by atoms with Crippen LogP contribution in [0.4, 0.5) is 8.78 Å². The Morgan fingerprint density at radius 2 is 1.90 bits per heavy atom. The Balaban J connectivity index is 2.42. The van der Waals surface area contributed by atoms with E-state index in [1.807, 2.05) is 13.8 Å². The first-order valence-corrected chi connectivity index (χ1v) is 6.13. The summed E-state index contributed by atoms with van der Waals surface area (Å²) < 4.78 is 32.8. The maximum absolute atomic E-state index is 13.8. The molecule has 1 aromatic heterocycles. The molecule has 0 spiro atoms. The minimum Gasteiger partial charge on any atom is -0.449 e. The number of halogens is 2. The van der Waals surface area contributed by atoms with Gasteiger partial charge in [0.2, 0.25) is 0 Å². The van der Waals surface area contributed by atoms with Crippen molar-refractivity contribution in [3.8, 4) is 11.5 Å². The highest BCUT2D eigenvalue weighted by Crippen LogP contribution is 2.30. The fraction of sp³-hybridized carbons (Fsp3) is 0.200. The second-order valence-electron chi connectivity index (χ2n) is 4.28. The lowest BCUT2D eigenvalue weighted by atomic mass is 10.2. The molecule has 0 aliphatic rings. The van der Waals surface area contributed by atoms with Crippen LogP contribution in [0.2, 0.25) is 0 Å². The lowest BCUT2D eigenvalue weighted by Crippen LogP contribution is -1.99. The maximum atomic E-state index is 13.8. The Morgan fingerprint density at radius 3 is 2.45 bits per heavy atom. The fourth-order valence-corrected chi connectivity index (χ4v) is 1.80. The van der Waals surface area contributed by atoms with Crippen LogP contribution in [0.3, 0.4) is 0 Å². The molecule has 2 rings (SSSR count). The Labute approximate surface area is 115 Å². The molecular weight excluding hydrogens is 264 g/mol. The van der Waals surface area contributed by atoms with Gasteiger partial charge in [0, 0.05) is 11.3 Å². The largest absolute Gasteiger partial charge is 0.449 e. The Bertz CT molecular complexity index is 633. The van der Waals surface area contributed by atoms with Crippen molar-refractivity contribution in [3.05, 3.63) is 52.9 Å². The van der Waals surface area contributed by atoms with Gasteiger partial charge in [0.05, 0.1) is 5.69 Å². The van der Waals surface area contributed by atoms with Crippen molar-refractivity contribution in [2.45, 2.75) is 20.3 Å². The van der Waals surface area contributed by atoms with E-state index in [4.69, 9.17) is 4.74 Å². The zero-order chi connectivity index (χ0) is 14.7. The number of aromatic nitrogens is 1. The topological polar surface area (TPSA) is 39.2 Å². The second kappa shape index (κ2) is 5.77. The van der Waals surface area contributed by atoms with Crippen molar-refractivity contribution in [3.63, 3.8) is 0 Å². The van der Waals surface area contributed by atoms with Gasteiger partial charge in [-0.25, -0.2) is 8.78 Å². The minimum absolute atomic E-state index is 0.0786. The Hall–Kier alpha value is -2.30. The van der Waals surface area contributed by atoms with Crippen molar-refractivity contribution < 1.29 is 18.3 Å². The number of pyridine rings is 1. The van der Waals surface area contributed by atoms with Gasteiger partial charge in [-0.15, -0.1) is 0 Å². The molecule has 0 amide bonds. The molecule has 0 unspecified atom stereocenters. The van der Waals surface area contributed by atoms with Crippen molar-refractivity contribution in [1.82, 2.24) is 4.98 Å². The van der Waals surface area contributed by atoms with E-state index in [0.717, 1.165) is 17.8 Å². The van der Waals surface area contributed by atoms with E-state index in [1.54, 1.807) is 12.1 Å². The quantitative estimate of drug-likeness (QED) is 0.797. The molecular formula is C15H13F2NO2. The zero-order valence-corrected chi connectivity index (χ0v) is 11.1. The maximum Gasteiger partial charge on any atom is 0.198 e. The van der Waals surface area contributed by atoms with Crippen LogP contribution in [-0.4, -0.2) is 11.3 Å². The molecule has 0 aliphatic carbocycles. The molecule has 3 nitrogen and oxygen atoms in total. The van der Waals surface area contributed by atoms with Gasteiger partial charge < -0.3 is 4.74 Å². The summed E-state index contributed by atoms with van der Waals surface area (Å²) >= 11 is 0. The van der Waals surface area contributed by atoms with Gasteiger partial charge in [0.15, 0.2) is 17.4 Å². The Morgan fingerprint density at radius 1 is 1.25 bits per heavy atom. The van der Waals surface area contributed by atoms with Crippen LogP contribution in [0.15, 0.2) is 24.3 Å². The van der Waals surface area contributed by atoms with Gasteiger partial charge in [-0.3, -0.25) is 9.78 Å². The normalized spacial score (nSPS) is 10.4. The van der Waals surface area contributed by atoms with Crippen LogP contribution in [-0.2, 0) is 6.42 Å². The minimum atomic E-state index is -0.922. The number of rotatable bonds is 4. The van der Waals surface area contributed by atoms with Gasteiger partial charge in [-0.1, -0.05) is 6.92 Å². The van der Waals surface area contributed by atoms with E-state index in [2.05, 4.69) is 4.98 Å². The highest BCUT2D eigenvalue weighted by atomic mass is 19.1. The molecule has 0 fully saturated rings. The predicted octanol–water partition coefficient (Wildman–Crippen LogP) is 3.84. The third-order valence-corrected chi connectivity index (χ3v) is 2.78. The van der Waals surface area contributed by atoms with E-state index < -0.39 is 17.4 Å². The number of hydrogen-bond acceptors (Lipinski definition) is 3. The molecule has 0 saturated carbocycles. The zero-order valence-electron chi connectivity index (χ0n) is 11.1. The highest BCUT2D eigenvalue weighted by molar-refractivity contribution is 5.75. The highest BCUT2D eigenvalue weighted by Gasteiger charge is 2.15. The molecule has 5 heteroatoms. The number of carbonyl (C=O) groups excluding carboxylic acids is 1. The summed E-state index contributed by atoms with van der Waals surface area (Å²) in [5.74, 6) is -2.07. The summed E-state index contributed by atoms with van der Waals surface area (Å²) in [6.45, 7) is 3.69. The lowest BCUT2D eigenvalue weighted by Gasteiger charge is -2.11. The van der Waals surface area contributed by atoms with E-state index in [9.17, 15) is 13.6 Å². The first-order chi connectivity index (χ1) is 9.55. The summed E-state index contributed by atoms with van der Waals surface area (Å²) in [5, 5.41) is 0. The number of hydrogen-bond donors (Lipinski definition) is 0. The number of aldehydes is 1. The number of aryl methyl sites for hydroxylation is 2. The lowest BCUT2D eigenvalue weighted by molar-refractivity contribution is 0.112. The average Bonchev–Trinajstić information content (AvgIpc) is 2.43. The average molecular weight is 277 g/mol. The number of ether oxygens (including phenoxy) is 1. The smallest absolute Gasteiger partial charge is 0.198 e. The van der Waals surface area contributed by atoms with Crippen molar-refractivity contribution in [1.29, 1.82) is 0 Å². The molecule has 1 aromatic carbocycles. The molecule has 0 saturated heterocycles. The standard InChI is InChI=1S/C15H13F2NO2/c1-3-13-14(5-4-9(2)18-13)20-15-11(16)6-10(8-19)7-12(15)17/h4-8H,3H2,1-2H3. The van der Waals surface area contributed by atoms with Crippen LogP contribution in [0.5, 0.6) is 11.5 Å². The van der Waals surface area contributed by atoms with E-state index in [-0.39, 0.29) is 5.56 Å². The van der Waals surface area contributed by atoms with Crippen molar-refractivity contribution in [2.75, 3.05) is 0 Å². The molecule has 0 atom stereocenters. The van der Waals surface area contributed by atoms with Gasteiger partial charge in [-0.05, 0) is 37.6 Å². The van der Waals surface area contributed by atoms with Crippen LogP contribution < -0.4 is 4.74 Å². The monoisotopic (exact) mass is 277 g/mol. The first kappa shape index (κ1) is 14.1. The summed E-state index contributed by atoms with van der Waals surface area (Å²) in [6, 6.07) is 5.18. The van der Waals surface area contributed by atoms with Crippen LogP contribution in [0.1, 0.15) is 28.7 Å². The van der Waals surface area contributed by atoms with Crippen molar-refractivity contribution in [2.24, 2.45) is 0 Å². The van der Waals surface area contributed by atoms with Gasteiger partial charge in [0.25, 0.3) is 0 Å². The van der Waals surface area contributed by atoms with Gasteiger partial charge >= 0.3 is 0 Å². The number of benzene rings is 1. The summed E-state index contributed by atoms with van der Waals surface area (Å²) in [5.41, 5.74) is 1.33. The van der Waals surface area contributed by atoms with E-state index >= 15 is 0 Å². The van der Waals surface area contributed by atoms with Crippen molar-refractivity contribution >= 4 is 6.29 Å². The molecule has 1 heterocycles. The first-order valence-electron chi connectivity index (χ1n) is 6.13. The molecule has 0 N–H and O–H groups in total. The van der Waals surface area contributed by atoms with Gasteiger partial charge in [-0.2, -0.15) is 0 Å². The molecule has 104 valence electrons. The van der Waals surface area contributed by atoms with Crippen LogP contribution in [0, 0.1) is 18.6 Å². The summed E-state index contributed by atoms with van der Waals surface area (Å²) in [7, 11) is 0.